The zero-order valence-corrected chi connectivity index (χ0v) is 21.2. The Morgan fingerprint density at radius 3 is 2.12 bits per heavy atom. The summed E-state index contributed by atoms with van der Waals surface area (Å²) in [5, 5.41) is 13.0. The Balaban J connectivity index is 1.65. The second-order valence-electron chi connectivity index (χ2n) is 8.92. The van der Waals surface area contributed by atoms with E-state index in [2.05, 4.69) is 6.92 Å². The minimum atomic E-state index is -0.612. The Morgan fingerprint density at radius 2 is 1.56 bits per heavy atom. The van der Waals surface area contributed by atoms with E-state index >= 15 is 0 Å². The van der Waals surface area contributed by atoms with Crippen molar-refractivity contribution in [3.63, 3.8) is 0 Å². The van der Waals surface area contributed by atoms with Crippen LogP contribution in [0.2, 0.25) is 0 Å². The van der Waals surface area contributed by atoms with E-state index in [1.165, 1.54) is 56.3 Å². The van der Waals surface area contributed by atoms with Crippen molar-refractivity contribution in [1.29, 1.82) is 0 Å². The number of ketones is 1. The normalized spacial score (nSPS) is 17.5. The molecule has 1 aromatic carbocycles. The minimum absolute atomic E-state index is 0.134. The molecule has 6 heteroatoms. The van der Waals surface area contributed by atoms with Crippen LogP contribution in [-0.4, -0.2) is 35.4 Å². The Morgan fingerprint density at radius 1 is 0.941 bits per heavy atom. The number of methoxy groups -OCH3 is 1. The van der Waals surface area contributed by atoms with Crippen molar-refractivity contribution in [3.05, 3.63) is 57.8 Å². The molecule has 1 aliphatic heterocycles. The topological polar surface area (TPSA) is 66.8 Å². The van der Waals surface area contributed by atoms with Crippen molar-refractivity contribution in [2.24, 2.45) is 0 Å². The van der Waals surface area contributed by atoms with Gasteiger partial charge in [0.2, 0.25) is 0 Å². The largest absolute Gasteiger partial charge is 0.507 e. The molecule has 34 heavy (non-hydrogen) atoms. The van der Waals surface area contributed by atoms with Crippen molar-refractivity contribution in [1.82, 2.24) is 4.90 Å². The summed E-state index contributed by atoms with van der Waals surface area (Å²) in [6, 6.07) is 10.2. The molecule has 1 fully saturated rings. The molecular formula is C28H37NO4S. The van der Waals surface area contributed by atoms with Crippen LogP contribution in [0.25, 0.3) is 5.76 Å². The first kappa shape index (κ1) is 26.0. The average molecular weight is 484 g/mol. The van der Waals surface area contributed by atoms with Gasteiger partial charge in [0.1, 0.15) is 11.5 Å². The van der Waals surface area contributed by atoms with Gasteiger partial charge >= 0.3 is 0 Å². The number of unbranched alkanes of at least 4 members (excludes halogenated alkanes) is 9. The molecule has 0 saturated carbocycles. The molecule has 184 valence electrons. The summed E-state index contributed by atoms with van der Waals surface area (Å²) in [6.07, 6.45) is 12.1. The quantitative estimate of drug-likeness (QED) is 0.135. The summed E-state index contributed by atoms with van der Waals surface area (Å²) >= 11 is 1.50. The summed E-state index contributed by atoms with van der Waals surface area (Å²) in [4.78, 5) is 28.5. The number of ether oxygens (including phenoxy) is 1. The van der Waals surface area contributed by atoms with Crippen LogP contribution in [0.3, 0.4) is 0 Å². The number of rotatable bonds is 14. The monoisotopic (exact) mass is 483 g/mol. The first-order valence-corrected chi connectivity index (χ1v) is 13.4. The van der Waals surface area contributed by atoms with Crippen LogP contribution in [0.1, 0.15) is 87.6 Å². The van der Waals surface area contributed by atoms with Crippen molar-refractivity contribution >= 4 is 28.8 Å². The number of thiophene rings is 1. The maximum atomic E-state index is 13.0. The Kier molecular flexibility index (Phi) is 10.2. The van der Waals surface area contributed by atoms with Crippen molar-refractivity contribution in [2.45, 2.75) is 77.2 Å². The minimum Gasteiger partial charge on any atom is -0.507 e. The highest BCUT2D eigenvalue weighted by atomic mass is 32.1. The Labute approximate surface area is 207 Å². The van der Waals surface area contributed by atoms with E-state index in [4.69, 9.17) is 4.74 Å². The third-order valence-corrected chi connectivity index (χ3v) is 7.39. The van der Waals surface area contributed by atoms with Crippen LogP contribution in [0.5, 0.6) is 5.75 Å². The van der Waals surface area contributed by atoms with Crippen LogP contribution in [-0.2, 0) is 9.59 Å². The molecule has 3 rings (SSSR count). The molecule has 1 amide bonds. The van der Waals surface area contributed by atoms with Crippen LogP contribution in [0.15, 0.2) is 47.4 Å². The first-order valence-electron chi connectivity index (χ1n) is 12.5. The zero-order valence-electron chi connectivity index (χ0n) is 20.4. The van der Waals surface area contributed by atoms with Gasteiger partial charge < -0.3 is 14.7 Å². The molecule has 1 N–H and O–H groups in total. The van der Waals surface area contributed by atoms with Crippen molar-refractivity contribution in [2.75, 3.05) is 13.7 Å². The van der Waals surface area contributed by atoms with Gasteiger partial charge in [0.15, 0.2) is 0 Å². The maximum absolute atomic E-state index is 13.0. The van der Waals surface area contributed by atoms with Crippen LogP contribution in [0, 0.1) is 0 Å². The second-order valence-corrected chi connectivity index (χ2v) is 9.90. The molecular weight excluding hydrogens is 446 g/mol. The predicted molar refractivity (Wildman–Crippen MR) is 138 cm³/mol. The molecule has 1 aromatic heterocycles. The van der Waals surface area contributed by atoms with Gasteiger partial charge in [-0.15, -0.1) is 11.3 Å². The van der Waals surface area contributed by atoms with Gasteiger partial charge in [-0.2, -0.15) is 0 Å². The van der Waals surface area contributed by atoms with E-state index in [1.54, 1.807) is 36.3 Å². The smallest absolute Gasteiger partial charge is 0.295 e. The number of carbonyl (C=O) groups is 2. The summed E-state index contributed by atoms with van der Waals surface area (Å²) in [6.45, 7) is 2.75. The fourth-order valence-corrected chi connectivity index (χ4v) is 5.37. The number of hydrogen-bond acceptors (Lipinski definition) is 5. The lowest BCUT2D eigenvalue weighted by atomic mass is 9.99. The number of benzene rings is 1. The van der Waals surface area contributed by atoms with E-state index in [0.717, 1.165) is 24.1 Å². The molecule has 0 bridgehead atoms. The van der Waals surface area contributed by atoms with Crippen LogP contribution >= 0.6 is 11.3 Å². The molecule has 0 unspecified atom stereocenters. The lowest BCUT2D eigenvalue weighted by Crippen LogP contribution is -2.30. The molecule has 0 aliphatic carbocycles. The van der Waals surface area contributed by atoms with Crippen LogP contribution < -0.4 is 4.74 Å². The summed E-state index contributed by atoms with van der Waals surface area (Å²) < 4.78 is 5.19. The van der Waals surface area contributed by atoms with Gasteiger partial charge in [0, 0.05) is 17.0 Å². The average Bonchev–Trinajstić information content (AvgIpc) is 3.47. The molecule has 5 nitrogen and oxygen atoms in total. The lowest BCUT2D eigenvalue weighted by Gasteiger charge is -2.24. The molecule has 0 spiro atoms. The highest BCUT2D eigenvalue weighted by Gasteiger charge is 2.46. The van der Waals surface area contributed by atoms with E-state index in [1.807, 2.05) is 17.5 Å². The van der Waals surface area contributed by atoms with Gasteiger partial charge in [0.25, 0.3) is 11.7 Å². The fourth-order valence-electron chi connectivity index (χ4n) is 4.53. The standard InChI is InChI=1S/C28H37NO4S/c1-3-4-5-6-7-8-9-10-11-12-19-29-25(23-14-13-20-34-23)24(27(31)28(29)32)26(30)21-15-17-22(33-2)18-16-21/h13-18,20,25,30H,3-12,19H2,1-2H3/t25-/m0/s1. The molecule has 1 saturated heterocycles. The number of carbonyl (C=O) groups excluding carboxylic acids is 2. The Bertz CT molecular complexity index is 949. The van der Waals surface area contributed by atoms with Crippen molar-refractivity contribution < 1.29 is 19.4 Å². The van der Waals surface area contributed by atoms with Crippen molar-refractivity contribution in [3.8, 4) is 5.75 Å². The van der Waals surface area contributed by atoms with E-state index in [9.17, 15) is 14.7 Å². The van der Waals surface area contributed by atoms with Gasteiger partial charge in [0.05, 0.1) is 18.7 Å². The SMILES string of the molecule is CCCCCCCCCCCCN1C(=O)C(=O)C(=C(O)c2ccc(OC)cc2)[C@@H]1c1cccs1. The molecule has 2 aromatic rings. The maximum Gasteiger partial charge on any atom is 0.295 e. The van der Waals surface area contributed by atoms with Gasteiger partial charge in [-0.25, -0.2) is 0 Å². The Hall–Kier alpha value is -2.60. The lowest BCUT2D eigenvalue weighted by molar-refractivity contribution is -0.139. The molecule has 1 aliphatic rings. The van der Waals surface area contributed by atoms with Gasteiger partial charge in [-0.1, -0.05) is 70.8 Å². The van der Waals surface area contributed by atoms with E-state index < -0.39 is 17.7 Å². The van der Waals surface area contributed by atoms with E-state index in [0.29, 0.717) is 17.9 Å². The third kappa shape index (κ3) is 6.50. The molecule has 2 heterocycles. The number of nitrogens with zero attached hydrogens (tertiary/aromatic N) is 1. The van der Waals surface area contributed by atoms with Crippen LogP contribution in [0.4, 0.5) is 0 Å². The molecule has 0 radical (unpaired) electrons. The number of aliphatic hydroxyl groups is 1. The fraction of sp³-hybridized carbons (Fsp3) is 0.500. The number of Topliss-reactive ketones (excluding diaryl/α,β-unsaturated/α-hetero) is 1. The second kappa shape index (κ2) is 13.3. The van der Waals surface area contributed by atoms with Gasteiger partial charge in [-0.05, 0) is 42.1 Å². The molecule has 1 atom stereocenters. The number of likely N-dealkylation sites (tertiary alicyclic amines) is 1. The number of amides is 1. The third-order valence-electron chi connectivity index (χ3n) is 6.47. The summed E-state index contributed by atoms with van der Waals surface area (Å²) in [5.41, 5.74) is 0.670. The van der Waals surface area contributed by atoms with E-state index in [-0.39, 0.29) is 11.3 Å². The predicted octanol–water partition coefficient (Wildman–Crippen LogP) is 7.10. The summed E-state index contributed by atoms with van der Waals surface area (Å²) in [7, 11) is 1.57. The highest BCUT2D eigenvalue weighted by Crippen LogP contribution is 2.41. The summed E-state index contributed by atoms with van der Waals surface area (Å²) in [5.74, 6) is -0.610. The number of hydrogen-bond donors (Lipinski definition) is 1. The highest BCUT2D eigenvalue weighted by molar-refractivity contribution is 7.10. The van der Waals surface area contributed by atoms with Gasteiger partial charge in [-0.3, -0.25) is 9.59 Å². The zero-order chi connectivity index (χ0) is 24.3. The first-order chi connectivity index (χ1) is 16.6. The number of aliphatic hydroxyl groups excluding tert-OH is 1.